The molecule has 3 unspecified atom stereocenters. The third-order valence-corrected chi connectivity index (χ3v) is 4.47. The molecule has 3 rings (SSSR count). The van der Waals surface area contributed by atoms with Gasteiger partial charge in [-0.1, -0.05) is 6.07 Å². The fraction of sp³-hybridized carbons (Fsp3) is 0.647. The lowest BCUT2D eigenvalue weighted by Gasteiger charge is -2.22. The lowest BCUT2D eigenvalue weighted by molar-refractivity contribution is 0.0992. The van der Waals surface area contributed by atoms with Crippen LogP contribution in [0.25, 0.3) is 0 Å². The van der Waals surface area contributed by atoms with Crippen molar-refractivity contribution in [1.82, 2.24) is 15.6 Å². The number of hydrogen-bond donors (Lipinski definition) is 2. The first-order valence-electron chi connectivity index (χ1n) is 8.48. The van der Waals surface area contributed by atoms with Crippen molar-refractivity contribution in [3.05, 3.63) is 23.9 Å². The number of aromatic nitrogens is 1. The molecule has 2 aliphatic rings. The van der Waals surface area contributed by atoms with Gasteiger partial charge in [-0.05, 0) is 25.3 Å². The Balaban J connectivity index is 0.00000225. The molecule has 0 saturated carbocycles. The maximum absolute atomic E-state index is 5.88. The topological polar surface area (TPSA) is 77.0 Å². The smallest absolute Gasteiger partial charge is 0.218 e. The van der Waals surface area contributed by atoms with Crippen LogP contribution < -0.4 is 15.4 Å². The second kappa shape index (κ2) is 10.1. The van der Waals surface area contributed by atoms with Crippen LogP contribution in [-0.4, -0.2) is 56.6 Å². The van der Waals surface area contributed by atoms with Gasteiger partial charge in [0.1, 0.15) is 6.61 Å². The maximum Gasteiger partial charge on any atom is 0.218 e. The Labute approximate surface area is 165 Å². The van der Waals surface area contributed by atoms with Crippen LogP contribution in [0.2, 0.25) is 0 Å². The molecule has 0 amide bonds. The predicted molar refractivity (Wildman–Crippen MR) is 107 cm³/mol. The molecule has 0 radical (unpaired) electrons. The van der Waals surface area contributed by atoms with Crippen molar-refractivity contribution in [2.75, 3.05) is 27.4 Å². The summed E-state index contributed by atoms with van der Waals surface area (Å²) in [5.74, 6) is 1.41. The number of rotatable bonds is 7. The largest absolute Gasteiger partial charge is 0.475 e. The van der Waals surface area contributed by atoms with E-state index in [1.54, 1.807) is 20.4 Å². The van der Waals surface area contributed by atoms with Crippen LogP contribution in [0.1, 0.15) is 24.8 Å². The molecule has 2 aliphatic heterocycles. The molecule has 0 aliphatic carbocycles. The fourth-order valence-corrected chi connectivity index (χ4v) is 3.25. The first-order valence-corrected chi connectivity index (χ1v) is 8.48. The van der Waals surface area contributed by atoms with Crippen molar-refractivity contribution in [2.24, 2.45) is 4.99 Å². The van der Waals surface area contributed by atoms with E-state index >= 15 is 0 Å². The quantitative estimate of drug-likeness (QED) is 0.278. The number of halogens is 1. The Morgan fingerprint density at radius 2 is 2.28 bits per heavy atom. The van der Waals surface area contributed by atoms with Gasteiger partial charge in [0.15, 0.2) is 5.96 Å². The predicted octanol–water partition coefficient (Wildman–Crippen LogP) is 1.71. The molecule has 2 fully saturated rings. The number of ether oxygens (including phenoxy) is 3. The summed E-state index contributed by atoms with van der Waals surface area (Å²) in [5, 5.41) is 6.81. The van der Waals surface area contributed by atoms with Gasteiger partial charge in [-0.2, -0.15) is 0 Å². The minimum absolute atomic E-state index is 0. The van der Waals surface area contributed by atoms with Gasteiger partial charge in [0.05, 0.1) is 24.9 Å². The van der Waals surface area contributed by atoms with Gasteiger partial charge >= 0.3 is 0 Å². The molecule has 3 heterocycles. The van der Waals surface area contributed by atoms with Crippen LogP contribution in [0.3, 0.4) is 0 Å². The zero-order valence-electron chi connectivity index (χ0n) is 14.7. The first-order chi connectivity index (χ1) is 11.8. The number of aliphatic imine (C=N–C) groups is 1. The summed E-state index contributed by atoms with van der Waals surface area (Å²) >= 11 is 0. The van der Waals surface area contributed by atoms with Crippen molar-refractivity contribution < 1.29 is 14.2 Å². The van der Waals surface area contributed by atoms with Crippen LogP contribution in [0.5, 0.6) is 5.88 Å². The highest BCUT2D eigenvalue weighted by Gasteiger charge is 2.41. The Morgan fingerprint density at radius 1 is 1.40 bits per heavy atom. The van der Waals surface area contributed by atoms with E-state index < -0.39 is 0 Å². The standard InChI is InChI=1S/C17H26N4O3.HI/c1-18-17(21-14-10-13-5-6-15(14)24-13)20-11-12-4-3-7-19-16(12)23-9-8-22-2;/h3-4,7,13-15H,5-6,8-11H2,1-2H3,(H2,18,20,21);1H. The van der Waals surface area contributed by atoms with E-state index in [2.05, 4.69) is 20.6 Å². The van der Waals surface area contributed by atoms with Gasteiger partial charge in [-0.3, -0.25) is 4.99 Å². The van der Waals surface area contributed by atoms with E-state index in [9.17, 15) is 0 Å². The molecule has 0 aromatic carbocycles. The zero-order chi connectivity index (χ0) is 16.8. The van der Waals surface area contributed by atoms with Crippen LogP contribution in [0.4, 0.5) is 0 Å². The summed E-state index contributed by atoms with van der Waals surface area (Å²) in [6.45, 7) is 1.62. The minimum Gasteiger partial charge on any atom is -0.475 e. The number of hydrogen-bond acceptors (Lipinski definition) is 5. The summed E-state index contributed by atoms with van der Waals surface area (Å²) in [6, 6.07) is 4.25. The summed E-state index contributed by atoms with van der Waals surface area (Å²) < 4.78 is 16.5. The molecular weight excluding hydrogens is 435 g/mol. The van der Waals surface area contributed by atoms with Gasteiger partial charge in [0, 0.05) is 32.5 Å². The minimum atomic E-state index is 0. The highest BCUT2D eigenvalue weighted by Crippen LogP contribution is 2.34. The molecule has 1 aromatic heterocycles. The van der Waals surface area contributed by atoms with Crippen LogP contribution in [-0.2, 0) is 16.0 Å². The number of nitrogens with zero attached hydrogens (tertiary/aromatic N) is 2. The monoisotopic (exact) mass is 462 g/mol. The fourth-order valence-electron chi connectivity index (χ4n) is 3.25. The average Bonchev–Trinajstić information content (AvgIpc) is 3.22. The van der Waals surface area contributed by atoms with Gasteiger partial charge < -0.3 is 24.8 Å². The molecule has 0 spiro atoms. The molecule has 25 heavy (non-hydrogen) atoms. The van der Waals surface area contributed by atoms with Crippen molar-refractivity contribution in [1.29, 1.82) is 0 Å². The molecule has 7 nitrogen and oxygen atoms in total. The molecule has 2 bridgehead atoms. The van der Waals surface area contributed by atoms with Crippen LogP contribution in [0.15, 0.2) is 23.3 Å². The Morgan fingerprint density at radius 3 is 2.96 bits per heavy atom. The number of methoxy groups -OCH3 is 1. The molecule has 3 atom stereocenters. The van der Waals surface area contributed by atoms with Crippen molar-refractivity contribution in [2.45, 2.75) is 44.1 Å². The highest BCUT2D eigenvalue weighted by atomic mass is 127. The third-order valence-electron chi connectivity index (χ3n) is 4.47. The second-order valence-corrected chi connectivity index (χ2v) is 6.10. The van der Waals surface area contributed by atoms with Gasteiger partial charge in [0.2, 0.25) is 5.88 Å². The summed E-state index contributed by atoms with van der Waals surface area (Å²) in [6.07, 6.45) is 5.85. The highest BCUT2D eigenvalue weighted by molar-refractivity contribution is 14.0. The summed E-state index contributed by atoms with van der Waals surface area (Å²) in [7, 11) is 3.43. The van der Waals surface area contributed by atoms with Gasteiger partial charge in [0.25, 0.3) is 0 Å². The van der Waals surface area contributed by atoms with Crippen molar-refractivity contribution in [3.63, 3.8) is 0 Å². The molecule has 8 heteroatoms. The molecular formula is C17H27IN4O3. The average molecular weight is 462 g/mol. The Bertz CT molecular complexity index is 573. The summed E-state index contributed by atoms with van der Waals surface area (Å²) in [4.78, 5) is 8.60. The van der Waals surface area contributed by atoms with Crippen LogP contribution >= 0.6 is 24.0 Å². The number of fused-ring (bicyclic) bond motifs is 2. The van der Waals surface area contributed by atoms with Crippen LogP contribution in [0, 0.1) is 0 Å². The summed E-state index contributed by atoms with van der Waals surface area (Å²) in [5.41, 5.74) is 0.987. The third kappa shape index (κ3) is 5.42. The van der Waals surface area contributed by atoms with E-state index in [0.717, 1.165) is 24.4 Å². The lowest BCUT2D eigenvalue weighted by Crippen LogP contribution is -2.47. The molecule has 2 N–H and O–H groups in total. The van der Waals surface area contributed by atoms with Crippen molar-refractivity contribution in [3.8, 4) is 5.88 Å². The second-order valence-electron chi connectivity index (χ2n) is 6.10. The molecule has 2 saturated heterocycles. The Hall–Kier alpha value is -1.13. The van der Waals surface area contributed by atoms with Gasteiger partial charge in [-0.15, -0.1) is 24.0 Å². The number of nitrogens with one attached hydrogen (secondary N) is 2. The maximum atomic E-state index is 5.88. The lowest BCUT2D eigenvalue weighted by atomic mass is 9.96. The first kappa shape index (κ1) is 20.2. The van der Waals surface area contributed by atoms with E-state index in [1.165, 1.54) is 6.42 Å². The normalized spacial score (nSPS) is 24.7. The van der Waals surface area contributed by atoms with E-state index in [1.807, 2.05) is 12.1 Å². The van der Waals surface area contributed by atoms with E-state index in [-0.39, 0.29) is 24.0 Å². The van der Waals surface area contributed by atoms with E-state index in [4.69, 9.17) is 14.2 Å². The molecule has 140 valence electrons. The Kier molecular flexibility index (Phi) is 8.17. The van der Waals surface area contributed by atoms with Crippen molar-refractivity contribution >= 4 is 29.9 Å². The number of guanidine groups is 1. The zero-order valence-corrected chi connectivity index (χ0v) is 17.1. The SMILES string of the molecule is CN=C(NCc1cccnc1OCCOC)NC1CC2CCC1O2.I. The number of pyridine rings is 1. The van der Waals surface area contributed by atoms with Gasteiger partial charge in [-0.25, -0.2) is 4.98 Å². The molecule has 1 aromatic rings. The van der Waals surface area contributed by atoms with E-state index in [0.29, 0.717) is 43.9 Å².